The zero-order valence-corrected chi connectivity index (χ0v) is 15.8. The lowest BCUT2D eigenvalue weighted by Crippen LogP contribution is -2.14. The number of hydrogen-bond acceptors (Lipinski definition) is 5. The highest BCUT2D eigenvalue weighted by Gasteiger charge is 2.20. The first-order chi connectivity index (χ1) is 12.9. The third kappa shape index (κ3) is 3.21. The van der Waals surface area contributed by atoms with E-state index in [0.29, 0.717) is 33.7 Å². The quantitative estimate of drug-likeness (QED) is 0.525. The lowest BCUT2D eigenvalue weighted by molar-refractivity contribution is 0.102. The molecule has 1 N–H and O–H groups in total. The number of hydrogen-bond donors (Lipinski definition) is 1. The third-order valence-electron chi connectivity index (χ3n) is 4.30. The van der Waals surface area contributed by atoms with Gasteiger partial charge in [-0.15, -0.1) is 11.3 Å². The Morgan fingerprint density at radius 1 is 1.15 bits per heavy atom. The summed E-state index contributed by atoms with van der Waals surface area (Å²) in [5, 5.41) is 7.29. The van der Waals surface area contributed by atoms with Crippen LogP contribution in [0.4, 0.5) is 10.1 Å². The molecule has 0 radical (unpaired) electrons. The van der Waals surface area contributed by atoms with E-state index in [1.807, 2.05) is 26.0 Å². The van der Waals surface area contributed by atoms with E-state index in [9.17, 15) is 9.18 Å². The van der Waals surface area contributed by atoms with E-state index in [1.165, 1.54) is 12.1 Å². The first-order valence-electron chi connectivity index (χ1n) is 8.33. The highest BCUT2D eigenvalue weighted by atomic mass is 32.1. The zero-order valence-electron chi connectivity index (χ0n) is 15.0. The fraction of sp³-hybridized carbons (Fsp3) is 0.150. The lowest BCUT2D eigenvalue weighted by atomic mass is 10.1. The Balaban J connectivity index is 1.82. The Morgan fingerprint density at radius 3 is 2.70 bits per heavy atom. The van der Waals surface area contributed by atoms with Crippen LogP contribution in [0.25, 0.3) is 21.7 Å². The minimum atomic E-state index is -0.410. The molecule has 136 valence electrons. The van der Waals surface area contributed by atoms with Crippen molar-refractivity contribution in [2.75, 3.05) is 5.32 Å². The summed E-state index contributed by atoms with van der Waals surface area (Å²) in [6, 6.07) is 9.95. The van der Waals surface area contributed by atoms with Crippen LogP contribution in [0.3, 0.4) is 0 Å². The SMILES string of the molecule is Cc1ccc(-c2cc(C(=O)Nc3cc(F)ccc3C)c3c(C)noc3n2)s1. The summed E-state index contributed by atoms with van der Waals surface area (Å²) in [7, 11) is 0. The number of nitrogens with zero attached hydrogens (tertiary/aromatic N) is 2. The largest absolute Gasteiger partial charge is 0.335 e. The predicted molar refractivity (Wildman–Crippen MR) is 104 cm³/mol. The third-order valence-corrected chi connectivity index (χ3v) is 5.33. The van der Waals surface area contributed by atoms with Gasteiger partial charge in [0.1, 0.15) is 5.82 Å². The molecule has 1 aromatic carbocycles. The average molecular weight is 381 g/mol. The van der Waals surface area contributed by atoms with Crippen LogP contribution in [0, 0.1) is 26.6 Å². The fourth-order valence-corrected chi connectivity index (χ4v) is 3.72. The monoisotopic (exact) mass is 381 g/mol. The van der Waals surface area contributed by atoms with Crippen LogP contribution in [-0.2, 0) is 0 Å². The van der Waals surface area contributed by atoms with Crippen molar-refractivity contribution in [1.82, 2.24) is 10.1 Å². The average Bonchev–Trinajstić information content (AvgIpc) is 3.23. The molecule has 3 aromatic heterocycles. The van der Waals surface area contributed by atoms with Gasteiger partial charge in [-0.25, -0.2) is 9.37 Å². The summed E-state index contributed by atoms with van der Waals surface area (Å²) in [5.74, 6) is -0.774. The number of fused-ring (bicyclic) bond motifs is 1. The second-order valence-electron chi connectivity index (χ2n) is 6.33. The fourth-order valence-electron chi connectivity index (χ4n) is 2.89. The van der Waals surface area contributed by atoms with Crippen LogP contribution in [0.2, 0.25) is 0 Å². The van der Waals surface area contributed by atoms with E-state index >= 15 is 0 Å². The minimum Gasteiger partial charge on any atom is -0.335 e. The molecule has 0 aliphatic rings. The van der Waals surface area contributed by atoms with E-state index < -0.39 is 5.82 Å². The number of halogens is 1. The molecule has 1 amide bonds. The van der Waals surface area contributed by atoms with E-state index in [0.717, 1.165) is 15.3 Å². The van der Waals surface area contributed by atoms with Gasteiger partial charge in [0.05, 0.1) is 27.2 Å². The van der Waals surface area contributed by atoms with Gasteiger partial charge in [0.15, 0.2) is 0 Å². The Hall–Kier alpha value is -3.06. The Morgan fingerprint density at radius 2 is 1.96 bits per heavy atom. The molecule has 4 rings (SSSR count). The molecule has 5 nitrogen and oxygen atoms in total. The van der Waals surface area contributed by atoms with Crippen molar-refractivity contribution < 1.29 is 13.7 Å². The Labute approximate surface area is 158 Å². The van der Waals surface area contributed by atoms with Crippen molar-refractivity contribution in [3.8, 4) is 10.6 Å². The maximum Gasteiger partial charge on any atom is 0.259 e. The number of nitrogens with one attached hydrogen (secondary N) is 1. The number of rotatable bonds is 3. The number of carbonyl (C=O) groups excluding carboxylic acids is 1. The number of benzene rings is 1. The van der Waals surface area contributed by atoms with Crippen molar-refractivity contribution in [1.29, 1.82) is 0 Å². The summed E-state index contributed by atoms with van der Waals surface area (Å²) in [6.45, 7) is 5.57. The summed E-state index contributed by atoms with van der Waals surface area (Å²) in [6.07, 6.45) is 0. The van der Waals surface area contributed by atoms with Crippen molar-refractivity contribution in [3.05, 3.63) is 63.9 Å². The summed E-state index contributed by atoms with van der Waals surface area (Å²) < 4.78 is 18.9. The van der Waals surface area contributed by atoms with Gasteiger partial charge in [0.2, 0.25) is 0 Å². The van der Waals surface area contributed by atoms with Crippen LogP contribution in [-0.4, -0.2) is 16.0 Å². The maximum atomic E-state index is 13.6. The highest BCUT2D eigenvalue weighted by Crippen LogP contribution is 2.31. The second-order valence-corrected chi connectivity index (χ2v) is 7.61. The smallest absolute Gasteiger partial charge is 0.259 e. The minimum absolute atomic E-state index is 0.303. The number of pyridine rings is 1. The van der Waals surface area contributed by atoms with Crippen LogP contribution < -0.4 is 5.32 Å². The van der Waals surface area contributed by atoms with Crippen molar-refractivity contribution >= 4 is 34.0 Å². The number of carbonyl (C=O) groups is 1. The standard InChI is InChI=1S/C20H16FN3O2S/c1-10-4-6-13(21)8-15(10)22-19(25)14-9-16(17-7-5-11(2)27-17)23-20-18(14)12(3)24-26-20/h4-9H,1-3H3,(H,22,25). The molecular weight excluding hydrogens is 365 g/mol. The van der Waals surface area contributed by atoms with Crippen molar-refractivity contribution in [2.45, 2.75) is 20.8 Å². The van der Waals surface area contributed by atoms with Gasteiger partial charge >= 0.3 is 0 Å². The molecule has 0 aliphatic carbocycles. The van der Waals surface area contributed by atoms with E-state index in [-0.39, 0.29) is 5.91 Å². The molecule has 0 spiro atoms. The molecule has 0 saturated heterocycles. The van der Waals surface area contributed by atoms with Gasteiger partial charge in [0.25, 0.3) is 11.6 Å². The van der Waals surface area contributed by atoms with Crippen LogP contribution >= 0.6 is 11.3 Å². The van der Waals surface area contributed by atoms with Crippen LogP contribution in [0.15, 0.2) is 40.9 Å². The van der Waals surface area contributed by atoms with Gasteiger partial charge in [-0.3, -0.25) is 4.79 Å². The molecule has 0 bridgehead atoms. The van der Waals surface area contributed by atoms with Gasteiger partial charge in [-0.05, 0) is 56.7 Å². The van der Waals surface area contributed by atoms with Crippen LogP contribution in [0.5, 0.6) is 0 Å². The molecular formula is C20H16FN3O2S. The van der Waals surface area contributed by atoms with Gasteiger partial charge in [0, 0.05) is 10.6 Å². The summed E-state index contributed by atoms with van der Waals surface area (Å²) in [4.78, 5) is 19.6. The number of anilines is 1. The first-order valence-corrected chi connectivity index (χ1v) is 9.15. The normalized spacial score (nSPS) is 11.1. The first kappa shape index (κ1) is 17.4. The molecule has 3 heterocycles. The van der Waals surface area contributed by atoms with E-state index in [4.69, 9.17) is 4.52 Å². The van der Waals surface area contributed by atoms with E-state index in [2.05, 4.69) is 15.5 Å². The van der Waals surface area contributed by atoms with Gasteiger partial charge in [-0.2, -0.15) is 0 Å². The zero-order chi connectivity index (χ0) is 19.1. The highest BCUT2D eigenvalue weighted by molar-refractivity contribution is 7.15. The molecule has 0 atom stereocenters. The second kappa shape index (κ2) is 6.59. The topological polar surface area (TPSA) is 68.0 Å². The van der Waals surface area contributed by atoms with Crippen molar-refractivity contribution in [2.24, 2.45) is 0 Å². The molecule has 0 fully saturated rings. The number of thiophene rings is 1. The molecule has 0 saturated carbocycles. The lowest BCUT2D eigenvalue weighted by Gasteiger charge is -2.10. The molecule has 27 heavy (non-hydrogen) atoms. The molecule has 4 aromatic rings. The van der Waals surface area contributed by atoms with Crippen molar-refractivity contribution in [3.63, 3.8) is 0 Å². The molecule has 0 aliphatic heterocycles. The Bertz CT molecular complexity index is 1180. The van der Waals surface area contributed by atoms with Gasteiger partial charge in [-0.1, -0.05) is 11.2 Å². The maximum absolute atomic E-state index is 13.6. The number of aryl methyl sites for hydroxylation is 3. The van der Waals surface area contributed by atoms with E-state index in [1.54, 1.807) is 30.4 Å². The summed E-state index contributed by atoms with van der Waals surface area (Å²) >= 11 is 1.58. The number of aromatic nitrogens is 2. The predicted octanol–water partition coefficient (Wildman–Crippen LogP) is 5.27. The molecule has 7 heteroatoms. The number of amides is 1. The van der Waals surface area contributed by atoms with Gasteiger partial charge < -0.3 is 9.84 Å². The Kier molecular flexibility index (Phi) is 4.24. The molecule has 0 unspecified atom stereocenters. The summed E-state index contributed by atoms with van der Waals surface area (Å²) in [5.41, 5.74) is 3.10. The van der Waals surface area contributed by atoms with Crippen LogP contribution in [0.1, 0.15) is 26.5 Å².